The number of nitrogens with two attached hydrogens (primary N) is 1. The summed E-state index contributed by atoms with van der Waals surface area (Å²) in [4.78, 5) is 14.4. The highest BCUT2D eigenvalue weighted by Gasteiger charge is 2.25. The van der Waals surface area contributed by atoms with Crippen LogP contribution in [0, 0.1) is 0 Å². The van der Waals surface area contributed by atoms with Gasteiger partial charge in [-0.2, -0.15) is 0 Å². The summed E-state index contributed by atoms with van der Waals surface area (Å²) in [6.45, 7) is 11.0. The minimum atomic E-state index is -0.307. The molecule has 2 N–H and O–H groups in total. The first-order valence-corrected chi connectivity index (χ1v) is 10.6. The van der Waals surface area contributed by atoms with Crippen LogP contribution in [0.25, 0.3) is 0 Å². The van der Waals surface area contributed by atoms with Crippen molar-refractivity contribution < 1.29 is 14.3 Å². The van der Waals surface area contributed by atoms with Gasteiger partial charge in [-0.1, -0.05) is 44.7 Å². The molecule has 9 heteroatoms. The van der Waals surface area contributed by atoms with E-state index in [0.717, 1.165) is 5.75 Å². The molecule has 1 amide bonds. The Labute approximate surface area is 175 Å². The van der Waals surface area contributed by atoms with E-state index in [1.54, 1.807) is 0 Å². The van der Waals surface area contributed by atoms with Gasteiger partial charge in [0.1, 0.15) is 12.4 Å². The Balaban J connectivity index is 1.57. The summed E-state index contributed by atoms with van der Waals surface area (Å²) in [5.74, 6) is 7.42. The molecule has 1 aliphatic rings. The highest BCUT2D eigenvalue weighted by atomic mass is 32.2. The molecule has 1 aromatic carbocycles. The quantitative estimate of drug-likeness (QED) is 0.566. The van der Waals surface area contributed by atoms with Crippen molar-refractivity contribution in [2.45, 2.75) is 50.1 Å². The lowest BCUT2D eigenvalue weighted by atomic mass is 9.87. The molecule has 29 heavy (non-hydrogen) atoms. The molecule has 0 aliphatic carbocycles. The molecule has 1 atom stereocenters. The van der Waals surface area contributed by atoms with Gasteiger partial charge in [-0.3, -0.25) is 4.79 Å². The Hall–Kier alpha value is -2.26. The van der Waals surface area contributed by atoms with Gasteiger partial charge in [-0.15, -0.1) is 10.2 Å². The number of hydrogen-bond acceptors (Lipinski definition) is 7. The molecule has 0 spiro atoms. The Morgan fingerprint density at radius 3 is 2.52 bits per heavy atom. The smallest absolute Gasteiger partial charge is 0.236 e. The zero-order chi connectivity index (χ0) is 21.0. The minimum absolute atomic E-state index is 0.0537. The molecule has 0 bridgehead atoms. The van der Waals surface area contributed by atoms with Crippen molar-refractivity contribution in [2.24, 2.45) is 0 Å². The fraction of sp³-hybridized carbons (Fsp3) is 0.550. The van der Waals surface area contributed by atoms with Crippen molar-refractivity contribution in [3.63, 3.8) is 0 Å². The number of hydrogen-bond donors (Lipinski definition) is 1. The van der Waals surface area contributed by atoms with E-state index < -0.39 is 0 Å². The maximum Gasteiger partial charge on any atom is 0.236 e. The Kier molecular flexibility index (Phi) is 6.69. The van der Waals surface area contributed by atoms with Crippen molar-refractivity contribution in [2.75, 3.05) is 32.1 Å². The maximum atomic E-state index is 12.6. The topological polar surface area (TPSA) is 95.5 Å². The van der Waals surface area contributed by atoms with E-state index in [4.69, 9.17) is 15.3 Å². The van der Waals surface area contributed by atoms with Crippen LogP contribution >= 0.6 is 11.8 Å². The summed E-state index contributed by atoms with van der Waals surface area (Å²) >= 11 is 1.30. The Bertz CT molecular complexity index is 826. The fourth-order valence-corrected chi connectivity index (χ4v) is 3.81. The highest BCUT2D eigenvalue weighted by Crippen LogP contribution is 2.25. The van der Waals surface area contributed by atoms with Gasteiger partial charge in [0.05, 0.1) is 18.5 Å². The molecule has 1 saturated heterocycles. The van der Waals surface area contributed by atoms with Gasteiger partial charge in [-0.25, -0.2) is 4.68 Å². The molecule has 1 fully saturated rings. The van der Waals surface area contributed by atoms with Crippen LogP contribution in [0.4, 0.5) is 0 Å². The lowest BCUT2D eigenvalue weighted by molar-refractivity contribution is -0.134. The number of rotatable bonds is 6. The Morgan fingerprint density at radius 2 is 1.90 bits per heavy atom. The first-order valence-electron chi connectivity index (χ1n) is 9.71. The van der Waals surface area contributed by atoms with E-state index in [0.29, 0.717) is 37.3 Å². The zero-order valence-electron chi connectivity index (χ0n) is 17.4. The summed E-state index contributed by atoms with van der Waals surface area (Å²) in [6.07, 6.45) is 0. The molecule has 1 unspecified atom stereocenters. The molecule has 2 heterocycles. The largest absolute Gasteiger partial charge is 0.486 e. The lowest BCUT2D eigenvalue weighted by Gasteiger charge is -2.28. The second kappa shape index (κ2) is 9.04. The summed E-state index contributed by atoms with van der Waals surface area (Å²) in [5.41, 5.74) is 1.33. The van der Waals surface area contributed by atoms with Crippen molar-refractivity contribution >= 4 is 17.7 Å². The van der Waals surface area contributed by atoms with Crippen molar-refractivity contribution in [3.05, 3.63) is 35.7 Å². The maximum absolute atomic E-state index is 12.6. The number of benzene rings is 1. The average Bonchev–Trinajstić information content (AvgIpc) is 3.05. The van der Waals surface area contributed by atoms with E-state index in [2.05, 4.69) is 43.1 Å². The SMILES string of the molecule is CC(Sc1nnc(COc2ccc(C(C)(C)C)cc2)n1N)C(=O)N1CCOCC1. The predicted octanol–water partition coefficient (Wildman–Crippen LogP) is 2.21. The van der Waals surface area contributed by atoms with Crippen molar-refractivity contribution in [1.29, 1.82) is 0 Å². The zero-order valence-corrected chi connectivity index (χ0v) is 18.2. The molecule has 8 nitrogen and oxygen atoms in total. The third kappa shape index (κ3) is 5.42. The molecule has 158 valence electrons. The number of aromatic nitrogens is 3. The normalized spacial score (nSPS) is 15.9. The molecular formula is C20H29N5O3S. The Morgan fingerprint density at radius 1 is 1.24 bits per heavy atom. The predicted molar refractivity (Wildman–Crippen MR) is 112 cm³/mol. The highest BCUT2D eigenvalue weighted by molar-refractivity contribution is 8.00. The van der Waals surface area contributed by atoms with Gasteiger partial charge < -0.3 is 20.2 Å². The third-order valence-corrected chi connectivity index (χ3v) is 5.82. The standard InChI is InChI=1S/C20H29N5O3S/c1-14(18(26)24-9-11-27-12-10-24)29-19-23-22-17(25(19)21)13-28-16-7-5-15(6-8-16)20(2,3)4/h5-8,14H,9-13,21H2,1-4H3. The number of morpholine rings is 1. The van der Waals surface area contributed by atoms with E-state index in [-0.39, 0.29) is 23.2 Å². The van der Waals surface area contributed by atoms with Crippen molar-refractivity contribution in [1.82, 2.24) is 19.8 Å². The average molecular weight is 420 g/mol. The molecule has 1 aromatic heterocycles. The first-order chi connectivity index (χ1) is 13.8. The summed E-state index contributed by atoms with van der Waals surface area (Å²) in [7, 11) is 0. The van der Waals surface area contributed by atoms with Gasteiger partial charge in [0.2, 0.25) is 11.1 Å². The number of amides is 1. The van der Waals surface area contributed by atoms with Gasteiger partial charge in [0.25, 0.3) is 0 Å². The van der Waals surface area contributed by atoms with Crippen molar-refractivity contribution in [3.8, 4) is 5.75 Å². The van der Waals surface area contributed by atoms with Gasteiger partial charge in [-0.05, 0) is 30.0 Å². The van der Waals surface area contributed by atoms with E-state index in [1.807, 2.05) is 24.0 Å². The fourth-order valence-electron chi connectivity index (χ4n) is 2.93. The summed E-state index contributed by atoms with van der Waals surface area (Å²) < 4.78 is 12.5. The number of nitrogen functional groups attached to an aromatic ring is 1. The second-order valence-corrected chi connectivity index (χ2v) is 9.34. The number of nitrogens with zero attached hydrogens (tertiary/aromatic N) is 4. The molecule has 2 aromatic rings. The molecule has 0 saturated carbocycles. The number of ether oxygens (including phenoxy) is 2. The van der Waals surface area contributed by atoms with Crippen LogP contribution in [-0.2, 0) is 21.6 Å². The van der Waals surface area contributed by atoms with Crippen LogP contribution in [0.2, 0.25) is 0 Å². The monoisotopic (exact) mass is 419 g/mol. The first kappa shape index (κ1) is 21.4. The van der Waals surface area contributed by atoms with Crippen LogP contribution in [0.1, 0.15) is 39.1 Å². The van der Waals surface area contributed by atoms with Crippen LogP contribution < -0.4 is 10.6 Å². The molecular weight excluding hydrogens is 390 g/mol. The van der Waals surface area contributed by atoms with E-state index >= 15 is 0 Å². The lowest BCUT2D eigenvalue weighted by Crippen LogP contribution is -2.44. The van der Waals surface area contributed by atoms with E-state index in [9.17, 15) is 4.79 Å². The summed E-state index contributed by atoms with van der Waals surface area (Å²) in [6, 6.07) is 8.00. The van der Waals surface area contributed by atoms with Gasteiger partial charge in [0.15, 0.2) is 5.82 Å². The van der Waals surface area contributed by atoms with Crippen LogP contribution in [0.5, 0.6) is 5.75 Å². The second-order valence-electron chi connectivity index (χ2n) is 8.03. The molecule has 1 aliphatic heterocycles. The number of thioether (sulfide) groups is 1. The van der Waals surface area contributed by atoms with Gasteiger partial charge in [0, 0.05) is 13.1 Å². The van der Waals surface area contributed by atoms with Crippen LogP contribution in [0.3, 0.4) is 0 Å². The number of carbonyl (C=O) groups is 1. The third-order valence-electron chi connectivity index (χ3n) is 4.78. The number of carbonyl (C=O) groups excluding carboxylic acids is 1. The summed E-state index contributed by atoms with van der Waals surface area (Å²) in [5, 5.41) is 8.41. The van der Waals surface area contributed by atoms with Crippen LogP contribution in [-0.4, -0.2) is 57.2 Å². The molecule has 0 radical (unpaired) electrons. The van der Waals surface area contributed by atoms with Gasteiger partial charge >= 0.3 is 0 Å². The molecule has 3 rings (SSSR count). The minimum Gasteiger partial charge on any atom is -0.486 e. The van der Waals surface area contributed by atoms with E-state index in [1.165, 1.54) is 22.0 Å². The van der Waals surface area contributed by atoms with Crippen LogP contribution in [0.15, 0.2) is 29.4 Å².